The van der Waals surface area contributed by atoms with Gasteiger partial charge in [-0.2, -0.15) is 23.4 Å². The number of halogens is 4. The first kappa shape index (κ1) is 14.5. The van der Waals surface area contributed by atoms with Gasteiger partial charge in [-0.15, -0.1) is 0 Å². The molecule has 0 saturated carbocycles. The Morgan fingerprint density at radius 2 is 1.90 bits per heavy atom. The molecule has 21 heavy (non-hydrogen) atoms. The summed E-state index contributed by atoms with van der Waals surface area (Å²) in [7, 11) is 0. The second kappa shape index (κ2) is 5.24. The molecule has 2 rings (SSSR count). The molecule has 0 aliphatic heterocycles. The summed E-state index contributed by atoms with van der Waals surface area (Å²) in [5, 5.41) is 11.2. The lowest BCUT2D eigenvalue weighted by molar-refractivity contribution is -0.141. The molecule has 2 aromatic rings. The van der Waals surface area contributed by atoms with E-state index in [1.54, 1.807) is 6.07 Å². The highest BCUT2D eigenvalue weighted by molar-refractivity contribution is 5.59. The van der Waals surface area contributed by atoms with Crippen LogP contribution in [0.25, 0.3) is 0 Å². The van der Waals surface area contributed by atoms with Crippen LogP contribution in [0.4, 0.5) is 35.0 Å². The number of benzene rings is 1. The molecule has 0 bridgehead atoms. The number of nitriles is 1. The average Bonchev–Trinajstić information content (AvgIpc) is 2.39. The topological polar surface area (TPSA) is 87.6 Å². The minimum absolute atomic E-state index is 0.194. The maximum atomic E-state index is 13.1. The van der Waals surface area contributed by atoms with Crippen LogP contribution in [0.3, 0.4) is 0 Å². The Bertz CT molecular complexity index is 721. The first-order valence-electron chi connectivity index (χ1n) is 5.48. The fraction of sp³-hybridized carbons (Fsp3) is 0.0833. The highest BCUT2D eigenvalue weighted by atomic mass is 19.4. The summed E-state index contributed by atoms with van der Waals surface area (Å²) in [6, 6.07) is 5.68. The predicted octanol–water partition coefficient (Wildman–Crippen LogP) is 2.83. The molecule has 0 unspecified atom stereocenters. The van der Waals surface area contributed by atoms with Crippen molar-refractivity contribution in [2.24, 2.45) is 0 Å². The van der Waals surface area contributed by atoms with E-state index >= 15 is 0 Å². The standard InChI is InChI=1S/C12H7F4N5/c13-8-2-1-7(3-6(8)5-17)19-10-4-9(12(14,15)16)20-11(18)21-10/h1-4H,(H3,18,19,20,21). The minimum Gasteiger partial charge on any atom is -0.368 e. The maximum absolute atomic E-state index is 13.1. The van der Waals surface area contributed by atoms with Crippen molar-refractivity contribution in [3.05, 3.63) is 41.3 Å². The summed E-state index contributed by atoms with van der Waals surface area (Å²) < 4.78 is 50.9. The lowest BCUT2D eigenvalue weighted by atomic mass is 10.2. The molecule has 5 nitrogen and oxygen atoms in total. The summed E-state index contributed by atoms with van der Waals surface area (Å²) in [5.41, 5.74) is 3.95. The molecule has 0 saturated heterocycles. The summed E-state index contributed by atoms with van der Waals surface area (Å²) in [5.74, 6) is -1.51. The van der Waals surface area contributed by atoms with Crippen LogP contribution < -0.4 is 11.1 Å². The molecule has 0 spiro atoms. The van der Waals surface area contributed by atoms with Crippen LogP contribution in [0.5, 0.6) is 0 Å². The van der Waals surface area contributed by atoms with Gasteiger partial charge in [0.15, 0.2) is 5.69 Å². The fourth-order valence-electron chi connectivity index (χ4n) is 1.51. The molecular formula is C12H7F4N5. The van der Waals surface area contributed by atoms with E-state index in [0.717, 1.165) is 12.1 Å². The Hall–Kier alpha value is -2.89. The van der Waals surface area contributed by atoms with Crippen LogP contribution in [0, 0.1) is 17.1 Å². The lowest BCUT2D eigenvalue weighted by Crippen LogP contribution is -2.12. The van der Waals surface area contributed by atoms with E-state index in [4.69, 9.17) is 11.0 Å². The van der Waals surface area contributed by atoms with Crippen molar-refractivity contribution in [3.8, 4) is 6.07 Å². The van der Waals surface area contributed by atoms with Gasteiger partial charge in [0.05, 0.1) is 5.56 Å². The number of alkyl halides is 3. The Labute approximate surface area is 116 Å². The monoisotopic (exact) mass is 297 g/mol. The molecule has 0 amide bonds. The number of anilines is 3. The first-order valence-corrected chi connectivity index (χ1v) is 5.48. The van der Waals surface area contributed by atoms with Gasteiger partial charge in [0.1, 0.15) is 17.7 Å². The predicted molar refractivity (Wildman–Crippen MR) is 65.8 cm³/mol. The smallest absolute Gasteiger partial charge is 0.368 e. The highest BCUT2D eigenvalue weighted by Crippen LogP contribution is 2.30. The Balaban J connectivity index is 2.36. The molecule has 1 aromatic heterocycles. The Kier molecular flexibility index (Phi) is 3.62. The van der Waals surface area contributed by atoms with Crippen LogP contribution >= 0.6 is 0 Å². The number of aromatic nitrogens is 2. The number of hydrogen-bond donors (Lipinski definition) is 2. The number of rotatable bonds is 2. The Morgan fingerprint density at radius 3 is 2.52 bits per heavy atom. The lowest BCUT2D eigenvalue weighted by Gasteiger charge is -2.10. The number of nitrogens with one attached hydrogen (secondary N) is 1. The normalized spacial score (nSPS) is 11.0. The zero-order chi connectivity index (χ0) is 15.6. The SMILES string of the molecule is N#Cc1cc(Nc2cc(C(F)(F)F)nc(N)n2)ccc1F. The van der Waals surface area contributed by atoms with E-state index in [2.05, 4.69) is 15.3 Å². The summed E-state index contributed by atoms with van der Waals surface area (Å²) in [6.07, 6.45) is -4.67. The van der Waals surface area contributed by atoms with Gasteiger partial charge < -0.3 is 11.1 Å². The number of nitrogens with zero attached hydrogens (tertiary/aromatic N) is 3. The van der Waals surface area contributed by atoms with Gasteiger partial charge in [0, 0.05) is 11.8 Å². The zero-order valence-electron chi connectivity index (χ0n) is 10.2. The molecule has 9 heteroatoms. The van der Waals surface area contributed by atoms with E-state index in [0.29, 0.717) is 6.07 Å². The van der Waals surface area contributed by atoms with E-state index in [1.807, 2.05) is 0 Å². The second-order valence-electron chi connectivity index (χ2n) is 3.93. The van der Waals surface area contributed by atoms with Crippen molar-refractivity contribution < 1.29 is 17.6 Å². The third-order valence-corrected chi connectivity index (χ3v) is 2.39. The van der Waals surface area contributed by atoms with Crippen LogP contribution in [0.15, 0.2) is 24.3 Å². The van der Waals surface area contributed by atoms with Gasteiger partial charge in [0.25, 0.3) is 0 Å². The van der Waals surface area contributed by atoms with Crippen LogP contribution in [-0.4, -0.2) is 9.97 Å². The molecule has 3 N–H and O–H groups in total. The average molecular weight is 297 g/mol. The van der Waals surface area contributed by atoms with E-state index in [1.165, 1.54) is 6.07 Å². The van der Waals surface area contributed by atoms with E-state index < -0.39 is 23.6 Å². The molecule has 108 valence electrons. The van der Waals surface area contributed by atoms with Gasteiger partial charge in [-0.05, 0) is 18.2 Å². The third kappa shape index (κ3) is 3.36. The van der Waals surface area contributed by atoms with Crippen molar-refractivity contribution in [2.75, 3.05) is 11.1 Å². The molecule has 1 heterocycles. The second-order valence-corrected chi connectivity index (χ2v) is 3.93. The zero-order valence-corrected chi connectivity index (χ0v) is 10.2. The van der Waals surface area contributed by atoms with E-state index in [-0.39, 0.29) is 17.1 Å². The molecule has 0 atom stereocenters. The largest absolute Gasteiger partial charge is 0.433 e. The first-order chi connectivity index (χ1) is 9.79. The van der Waals surface area contributed by atoms with Crippen molar-refractivity contribution in [3.63, 3.8) is 0 Å². The van der Waals surface area contributed by atoms with Crippen molar-refractivity contribution in [2.45, 2.75) is 6.18 Å². The van der Waals surface area contributed by atoms with Gasteiger partial charge >= 0.3 is 6.18 Å². The summed E-state index contributed by atoms with van der Waals surface area (Å²) in [6.45, 7) is 0. The number of nitrogens with two attached hydrogens (primary N) is 1. The molecule has 0 aliphatic rings. The Morgan fingerprint density at radius 1 is 1.19 bits per heavy atom. The highest BCUT2D eigenvalue weighted by Gasteiger charge is 2.33. The molecule has 0 aliphatic carbocycles. The van der Waals surface area contributed by atoms with Crippen LogP contribution in [-0.2, 0) is 6.18 Å². The number of hydrogen-bond acceptors (Lipinski definition) is 5. The molecule has 1 aromatic carbocycles. The molecular weight excluding hydrogens is 290 g/mol. The van der Waals surface area contributed by atoms with Gasteiger partial charge in [0.2, 0.25) is 5.95 Å². The van der Waals surface area contributed by atoms with Crippen molar-refractivity contribution >= 4 is 17.5 Å². The van der Waals surface area contributed by atoms with Crippen LogP contribution in [0.2, 0.25) is 0 Å². The van der Waals surface area contributed by atoms with Gasteiger partial charge in [-0.25, -0.2) is 9.37 Å². The fourth-order valence-corrected chi connectivity index (χ4v) is 1.51. The quantitative estimate of drug-likeness (QED) is 0.832. The van der Waals surface area contributed by atoms with Gasteiger partial charge in [-0.3, -0.25) is 0 Å². The van der Waals surface area contributed by atoms with E-state index in [9.17, 15) is 17.6 Å². The minimum atomic E-state index is -4.67. The third-order valence-electron chi connectivity index (χ3n) is 2.39. The summed E-state index contributed by atoms with van der Waals surface area (Å²) >= 11 is 0. The van der Waals surface area contributed by atoms with Crippen molar-refractivity contribution in [1.82, 2.24) is 9.97 Å². The van der Waals surface area contributed by atoms with Gasteiger partial charge in [-0.1, -0.05) is 0 Å². The van der Waals surface area contributed by atoms with Crippen molar-refractivity contribution in [1.29, 1.82) is 5.26 Å². The maximum Gasteiger partial charge on any atom is 0.433 e. The summed E-state index contributed by atoms with van der Waals surface area (Å²) in [4.78, 5) is 6.68. The molecule has 0 radical (unpaired) electrons. The molecule has 0 fully saturated rings. The number of nitrogen functional groups attached to an aromatic ring is 1. The van der Waals surface area contributed by atoms with Crippen LogP contribution in [0.1, 0.15) is 11.3 Å².